The molecular weight excluding hydrogens is 286 g/mol. The summed E-state index contributed by atoms with van der Waals surface area (Å²) in [4.78, 5) is 29.0. The van der Waals surface area contributed by atoms with Crippen LogP contribution < -0.4 is 5.73 Å². The van der Waals surface area contributed by atoms with Gasteiger partial charge < -0.3 is 20.3 Å². The zero-order valence-electron chi connectivity index (χ0n) is 13.1. The highest BCUT2D eigenvalue weighted by molar-refractivity contribution is 5.97. The van der Waals surface area contributed by atoms with Crippen LogP contribution in [0.4, 0.5) is 4.79 Å². The molecule has 1 fully saturated rings. The Hall–Kier alpha value is -2.11. The van der Waals surface area contributed by atoms with Crippen LogP contribution in [0.15, 0.2) is 11.8 Å². The lowest BCUT2D eigenvalue weighted by molar-refractivity contribution is -0.128. The highest BCUT2D eigenvalue weighted by Crippen LogP contribution is 2.08. The zero-order valence-corrected chi connectivity index (χ0v) is 13.1. The van der Waals surface area contributed by atoms with Gasteiger partial charge in [-0.1, -0.05) is 0 Å². The molecule has 22 heavy (non-hydrogen) atoms. The lowest BCUT2D eigenvalue weighted by Gasteiger charge is -2.32. The molecule has 1 rings (SSSR count). The lowest BCUT2D eigenvalue weighted by Crippen LogP contribution is -2.47. The third kappa shape index (κ3) is 5.02. The number of piperazine rings is 1. The quantitative estimate of drug-likeness (QED) is 0.547. The Labute approximate surface area is 130 Å². The number of nitriles is 1. The van der Waals surface area contributed by atoms with Gasteiger partial charge in [-0.05, 0) is 14.0 Å². The molecule has 1 aliphatic heterocycles. The number of hydrogen-bond donors (Lipinski definition) is 1. The van der Waals surface area contributed by atoms with Gasteiger partial charge in [-0.3, -0.25) is 9.69 Å². The van der Waals surface area contributed by atoms with Gasteiger partial charge in [-0.15, -0.1) is 0 Å². The maximum absolute atomic E-state index is 12.4. The number of ether oxygens (including phenoxy) is 1. The van der Waals surface area contributed by atoms with Crippen molar-refractivity contribution in [3.8, 4) is 6.07 Å². The first-order valence-corrected chi connectivity index (χ1v) is 7.26. The predicted molar refractivity (Wildman–Crippen MR) is 80.6 cm³/mol. The van der Waals surface area contributed by atoms with E-state index in [9.17, 15) is 14.9 Å². The first-order chi connectivity index (χ1) is 10.5. The molecule has 0 aromatic rings. The summed E-state index contributed by atoms with van der Waals surface area (Å²) in [5, 5.41) is 9.22. The van der Waals surface area contributed by atoms with Crippen LogP contribution in [0.25, 0.3) is 0 Å². The van der Waals surface area contributed by atoms with E-state index in [1.807, 2.05) is 13.1 Å². The Morgan fingerprint density at radius 3 is 2.50 bits per heavy atom. The molecule has 0 aromatic heterocycles. The first-order valence-electron chi connectivity index (χ1n) is 7.26. The minimum absolute atomic E-state index is 0.0916. The van der Waals surface area contributed by atoms with E-state index in [0.717, 1.165) is 18.0 Å². The van der Waals surface area contributed by atoms with Gasteiger partial charge in [0.1, 0.15) is 11.6 Å². The van der Waals surface area contributed by atoms with Gasteiger partial charge in [0.2, 0.25) is 0 Å². The van der Waals surface area contributed by atoms with Crippen LogP contribution in [0.2, 0.25) is 0 Å². The van der Waals surface area contributed by atoms with Gasteiger partial charge in [0.05, 0.1) is 6.61 Å². The molecule has 0 unspecified atom stereocenters. The number of carbonyl (C=O) groups excluding carboxylic acids is 2. The predicted octanol–water partition coefficient (Wildman–Crippen LogP) is -0.415. The van der Waals surface area contributed by atoms with Crippen molar-refractivity contribution in [1.29, 1.82) is 5.26 Å². The van der Waals surface area contributed by atoms with E-state index < -0.39 is 6.09 Å². The molecule has 122 valence electrons. The van der Waals surface area contributed by atoms with Gasteiger partial charge in [-0.25, -0.2) is 4.79 Å². The molecule has 2 amide bonds. The monoisotopic (exact) mass is 309 g/mol. The highest BCUT2D eigenvalue weighted by atomic mass is 16.6. The lowest BCUT2D eigenvalue weighted by atomic mass is 10.2. The van der Waals surface area contributed by atoms with Crippen molar-refractivity contribution in [2.75, 3.05) is 52.9 Å². The van der Waals surface area contributed by atoms with Crippen LogP contribution in [0.1, 0.15) is 6.92 Å². The largest absolute Gasteiger partial charge is 0.449 e. The van der Waals surface area contributed by atoms with E-state index in [4.69, 9.17) is 10.5 Å². The summed E-state index contributed by atoms with van der Waals surface area (Å²) in [5.74, 6) is -0.373. The molecule has 0 spiro atoms. The van der Waals surface area contributed by atoms with Crippen LogP contribution >= 0.6 is 0 Å². The molecule has 0 bridgehead atoms. The topological polar surface area (TPSA) is 103 Å². The van der Waals surface area contributed by atoms with Crippen molar-refractivity contribution in [3.05, 3.63) is 11.8 Å². The van der Waals surface area contributed by atoms with Crippen molar-refractivity contribution in [3.63, 3.8) is 0 Å². The second kappa shape index (κ2) is 9.02. The van der Waals surface area contributed by atoms with Crippen LogP contribution in [-0.2, 0) is 9.53 Å². The number of rotatable bonds is 5. The number of likely N-dealkylation sites (N-methyl/N-ethyl adjacent to an activating group) is 1. The molecule has 0 radical (unpaired) electrons. The fraction of sp³-hybridized carbons (Fsp3) is 0.643. The molecular formula is C14H23N5O3. The molecule has 8 nitrogen and oxygen atoms in total. The molecule has 0 saturated carbocycles. The maximum Gasteiger partial charge on any atom is 0.413 e. The van der Waals surface area contributed by atoms with Gasteiger partial charge in [-0.2, -0.15) is 5.26 Å². The van der Waals surface area contributed by atoms with E-state index in [1.165, 1.54) is 6.20 Å². The summed E-state index contributed by atoms with van der Waals surface area (Å²) in [7, 11) is 1.98. The summed E-state index contributed by atoms with van der Waals surface area (Å²) < 4.78 is 4.89. The Morgan fingerprint density at radius 2 is 2.00 bits per heavy atom. The average molecular weight is 309 g/mol. The van der Waals surface area contributed by atoms with Gasteiger partial charge >= 0.3 is 6.09 Å². The molecule has 0 aliphatic carbocycles. The molecule has 1 aliphatic rings. The summed E-state index contributed by atoms with van der Waals surface area (Å²) in [6.45, 7) is 4.92. The molecule has 0 aromatic carbocycles. The third-order valence-corrected chi connectivity index (χ3v) is 3.30. The van der Waals surface area contributed by atoms with E-state index >= 15 is 0 Å². The fourth-order valence-corrected chi connectivity index (χ4v) is 2.02. The van der Waals surface area contributed by atoms with Crippen molar-refractivity contribution >= 4 is 12.0 Å². The summed E-state index contributed by atoms with van der Waals surface area (Å²) in [6.07, 6.45) is 0.609. The Kier molecular flexibility index (Phi) is 7.36. The van der Waals surface area contributed by atoms with E-state index in [2.05, 4.69) is 4.90 Å². The minimum atomic E-state index is -0.619. The molecule has 1 saturated heterocycles. The van der Waals surface area contributed by atoms with Crippen molar-refractivity contribution < 1.29 is 14.3 Å². The van der Waals surface area contributed by atoms with E-state index in [0.29, 0.717) is 13.1 Å². The van der Waals surface area contributed by atoms with Gasteiger partial charge in [0, 0.05) is 45.5 Å². The Morgan fingerprint density at radius 1 is 1.36 bits per heavy atom. The fourth-order valence-electron chi connectivity index (χ4n) is 2.02. The molecule has 2 N–H and O–H groups in total. The minimum Gasteiger partial charge on any atom is -0.449 e. The first kappa shape index (κ1) is 17.9. The standard InChI is InChI=1S/C14H23N5O3/c1-3-22-14(21)19(5-4-15)11-12(10-16)13(20)18-8-6-17(2)7-9-18/h11H,3-9,15H2,1-2H3/b12-11-. The molecule has 0 atom stereocenters. The number of nitrogens with zero attached hydrogens (tertiary/aromatic N) is 4. The van der Waals surface area contributed by atoms with Crippen LogP contribution in [0.3, 0.4) is 0 Å². The van der Waals surface area contributed by atoms with Gasteiger partial charge in [0.15, 0.2) is 0 Å². The smallest absolute Gasteiger partial charge is 0.413 e. The molecule has 8 heteroatoms. The SMILES string of the molecule is CCOC(=O)N(/C=C(/C#N)C(=O)N1CCN(C)CC1)CCN. The number of hydrogen-bond acceptors (Lipinski definition) is 6. The second-order valence-electron chi connectivity index (χ2n) is 4.93. The molecule has 1 heterocycles. The number of nitrogens with two attached hydrogens (primary N) is 1. The number of carbonyl (C=O) groups is 2. The highest BCUT2D eigenvalue weighted by Gasteiger charge is 2.24. The van der Waals surface area contributed by atoms with Crippen LogP contribution in [0, 0.1) is 11.3 Å². The Balaban J connectivity index is 2.84. The third-order valence-electron chi connectivity index (χ3n) is 3.30. The zero-order chi connectivity index (χ0) is 16.5. The number of amides is 2. The maximum atomic E-state index is 12.4. The van der Waals surface area contributed by atoms with Crippen molar-refractivity contribution in [2.45, 2.75) is 6.92 Å². The van der Waals surface area contributed by atoms with Crippen LogP contribution in [0.5, 0.6) is 0 Å². The summed E-state index contributed by atoms with van der Waals surface area (Å²) in [6, 6.07) is 1.86. The van der Waals surface area contributed by atoms with Crippen molar-refractivity contribution in [2.24, 2.45) is 5.73 Å². The van der Waals surface area contributed by atoms with Gasteiger partial charge in [0.25, 0.3) is 5.91 Å². The van der Waals surface area contributed by atoms with E-state index in [-0.39, 0.29) is 31.2 Å². The summed E-state index contributed by atoms with van der Waals surface area (Å²) in [5.41, 5.74) is 5.36. The Bertz CT molecular complexity index is 464. The van der Waals surface area contributed by atoms with E-state index in [1.54, 1.807) is 11.8 Å². The average Bonchev–Trinajstić information content (AvgIpc) is 2.51. The van der Waals surface area contributed by atoms with Crippen LogP contribution in [-0.4, -0.2) is 79.6 Å². The van der Waals surface area contributed by atoms with Crippen molar-refractivity contribution in [1.82, 2.24) is 14.7 Å². The second-order valence-corrected chi connectivity index (χ2v) is 4.93. The normalized spacial score (nSPS) is 16.1. The summed E-state index contributed by atoms with van der Waals surface area (Å²) >= 11 is 0.